The lowest BCUT2D eigenvalue weighted by molar-refractivity contribution is 0.224. The number of rotatable bonds is 6. The highest BCUT2D eigenvalue weighted by atomic mass is 35.5. The van der Waals surface area contributed by atoms with Gasteiger partial charge in [-0.25, -0.2) is 19.9 Å². The molecular formula is C23H26Cl2N6O. The van der Waals surface area contributed by atoms with Crippen molar-refractivity contribution in [3.05, 3.63) is 63.9 Å². The zero-order valence-electron chi connectivity index (χ0n) is 17.9. The third-order valence-electron chi connectivity index (χ3n) is 6.23. The molecule has 0 radical (unpaired) electrons. The van der Waals surface area contributed by atoms with Crippen molar-refractivity contribution >= 4 is 29.0 Å². The number of hydrogen-bond acceptors (Lipinski definition) is 7. The van der Waals surface area contributed by atoms with Crippen molar-refractivity contribution in [3.8, 4) is 11.3 Å². The van der Waals surface area contributed by atoms with Crippen LogP contribution >= 0.6 is 23.2 Å². The molecule has 1 saturated heterocycles. The van der Waals surface area contributed by atoms with Gasteiger partial charge in [-0.2, -0.15) is 0 Å². The molecule has 0 unspecified atom stereocenters. The first-order chi connectivity index (χ1) is 15.5. The van der Waals surface area contributed by atoms with Gasteiger partial charge in [0.1, 0.15) is 12.0 Å². The molecule has 1 aromatic carbocycles. The van der Waals surface area contributed by atoms with Crippen LogP contribution in [0.1, 0.15) is 29.8 Å². The van der Waals surface area contributed by atoms with Crippen molar-refractivity contribution in [2.45, 2.75) is 32.8 Å². The maximum Gasteiger partial charge on any atom is 0.153 e. The van der Waals surface area contributed by atoms with E-state index >= 15 is 0 Å². The van der Waals surface area contributed by atoms with E-state index in [-0.39, 0.29) is 12.0 Å². The molecule has 0 amide bonds. The molecule has 0 saturated carbocycles. The molecule has 0 spiro atoms. The van der Waals surface area contributed by atoms with Gasteiger partial charge in [0.2, 0.25) is 0 Å². The van der Waals surface area contributed by atoms with E-state index in [2.05, 4.69) is 14.9 Å². The first-order valence-corrected chi connectivity index (χ1v) is 11.3. The van der Waals surface area contributed by atoms with Gasteiger partial charge in [-0.15, -0.1) is 0 Å². The number of aliphatic hydroxyl groups excluding tert-OH is 1. The molecule has 168 valence electrons. The number of aliphatic hydroxyl groups is 1. The predicted molar refractivity (Wildman–Crippen MR) is 127 cm³/mol. The zero-order chi connectivity index (χ0) is 22.7. The van der Waals surface area contributed by atoms with Gasteiger partial charge in [0, 0.05) is 31.0 Å². The second kappa shape index (κ2) is 9.67. The van der Waals surface area contributed by atoms with E-state index in [0.717, 1.165) is 43.6 Å². The molecule has 9 heteroatoms. The number of nitrogens with two attached hydrogens (primary N) is 1. The monoisotopic (exact) mass is 472 g/mol. The van der Waals surface area contributed by atoms with E-state index < -0.39 is 0 Å². The molecule has 0 atom stereocenters. The Morgan fingerprint density at radius 2 is 1.84 bits per heavy atom. The van der Waals surface area contributed by atoms with Crippen molar-refractivity contribution in [3.63, 3.8) is 0 Å². The summed E-state index contributed by atoms with van der Waals surface area (Å²) in [5.74, 6) is 0.709. The zero-order valence-corrected chi connectivity index (χ0v) is 19.4. The topological polar surface area (TPSA) is 101 Å². The van der Waals surface area contributed by atoms with E-state index in [9.17, 15) is 5.11 Å². The Bertz CT molecular complexity index is 1090. The van der Waals surface area contributed by atoms with Crippen LogP contribution in [-0.2, 0) is 13.0 Å². The Kier molecular flexibility index (Phi) is 6.90. The lowest BCUT2D eigenvalue weighted by Gasteiger charge is -2.42. The molecule has 32 heavy (non-hydrogen) atoms. The lowest BCUT2D eigenvalue weighted by Crippen LogP contribution is -2.46. The van der Waals surface area contributed by atoms with Crippen LogP contribution in [0, 0.1) is 12.3 Å². The maximum absolute atomic E-state index is 10.1. The van der Waals surface area contributed by atoms with E-state index in [1.54, 1.807) is 12.4 Å². The number of benzene rings is 1. The second-order valence-electron chi connectivity index (χ2n) is 8.30. The Balaban J connectivity index is 1.58. The molecule has 3 aromatic rings. The van der Waals surface area contributed by atoms with Crippen LogP contribution in [-0.4, -0.2) is 44.7 Å². The summed E-state index contributed by atoms with van der Waals surface area (Å²) in [6, 6.07) is 5.42. The lowest BCUT2D eigenvalue weighted by atomic mass is 9.74. The Morgan fingerprint density at radius 1 is 1.12 bits per heavy atom. The van der Waals surface area contributed by atoms with Gasteiger partial charge in [0.05, 0.1) is 28.0 Å². The molecule has 0 aliphatic carbocycles. The quantitative estimate of drug-likeness (QED) is 0.561. The number of hydrogen-bond donors (Lipinski definition) is 2. The molecule has 1 aliphatic heterocycles. The highest BCUT2D eigenvalue weighted by Gasteiger charge is 2.35. The fraction of sp³-hybridized carbons (Fsp3) is 0.391. The Labute approximate surface area is 197 Å². The molecule has 3 N–H and O–H groups in total. The van der Waals surface area contributed by atoms with Gasteiger partial charge in [0.25, 0.3) is 0 Å². The average molecular weight is 473 g/mol. The average Bonchev–Trinajstić information content (AvgIpc) is 2.82. The summed E-state index contributed by atoms with van der Waals surface area (Å²) in [5.41, 5.74) is 9.90. The van der Waals surface area contributed by atoms with Crippen LogP contribution in [0.4, 0.5) is 5.82 Å². The van der Waals surface area contributed by atoms with Crippen LogP contribution in [0.5, 0.6) is 0 Å². The number of nitrogens with zero attached hydrogens (tertiary/aromatic N) is 5. The molecule has 7 nitrogen and oxygen atoms in total. The smallest absolute Gasteiger partial charge is 0.153 e. The fourth-order valence-electron chi connectivity index (χ4n) is 4.34. The van der Waals surface area contributed by atoms with E-state index in [0.29, 0.717) is 39.4 Å². The molecule has 1 fully saturated rings. The van der Waals surface area contributed by atoms with Crippen LogP contribution in [0.3, 0.4) is 0 Å². The van der Waals surface area contributed by atoms with Crippen molar-refractivity contribution in [2.75, 3.05) is 24.5 Å². The third-order valence-corrected chi connectivity index (χ3v) is 7.05. The summed E-state index contributed by atoms with van der Waals surface area (Å²) in [5, 5.41) is 10.9. The highest BCUT2D eigenvalue weighted by Crippen LogP contribution is 2.38. The van der Waals surface area contributed by atoms with Gasteiger partial charge in [0.15, 0.2) is 5.82 Å². The number of halogens is 2. The van der Waals surface area contributed by atoms with Gasteiger partial charge < -0.3 is 15.7 Å². The number of aromatic nitrogens is 4. The second-order valence-corrected chi connectivity index (χ2v) is 9.09. The maximum atomic E-state index is 10.1. The summed E-state index contributed by atoms with van der Waals surface area (Å²) in [7, 11) is 0. The summed E-state index contributed by atoms with van der Waals surface area (Å²) >= 11 is 12.6. The van der Waals surface area contributed by atoms with Crippen LogP contribution in [0.2, 0.25) is 10.0 Å². The predicted octanol–water partition coefficient (Wildman–Crippen LogP) is 3.83. The van der Waals surface area contributed by atoms with Gasteiger partial charge in [-0.3, -0.25) is 0 Å². The minimum Gasteiger partial charge on any atom is -0.390 e. The summed E-state index contributed by atoms with van der Waals surface area (Å²) in [4.78, 5) is 20.0. The van der Waals surface area contributed by atoms with Gasteiger partial charge in [-0.1, -0.05) is 35.3 Å². The molecular weight excluding hydrogens is 447 g/mol. The minimum atomic E-state index is -0.215. The molecule has 4 rings (SSSR count). The SMILES string of the molecule is Cc1nc(N2CCC(CN)(Cc3cncnc3)CC2)c(CO)nc1-c1cccc(Cl)c1Cl. The van der Waals surface area contributed by atoms with Gasteiger partial charge in [-0.05, 0) is 49.8 Å². The normalized spacial score (nSPS) is 15.7. The Morgan fingerprint density at radius 3 is 2.50 bits per heavy atom. The number of aryl methyl sites for hydroxylation is 1. The first kappa shape index (κ1) is 22.9. The third kappa shape index (κ3) is 4.57. The van der Waals surface area contributed by atoms with Crippen LogP contribution in [0.15, 0.2) is 36.9 Å². The summed E-state index contributed by atoms with van der Waals surface area (Å²) in [6.07, 6.45) is 7.92. The minimum absolute atomic E-state index is 0.00266. The highest BCUT2D eigenvalue weighted by molar-refractivity contribution is 6.43. The van der Waals surface area contributed by atoms with E-state index in [1.165, 1.54) is 0 Å². The van der Waals surface area contributed by atoms with Crippen molar-refractivity contribution in [2.24, 2.45) is 11.1 Å². The summed E-state index contributed by atoms with van der Waals surface area (Å²) in [6.45, 7) is 3.84. The van der Waals surface area contributed by atoms with E-state index in [1.807, 2.05) is 31.5 Å². The number of piperidine rings is 1. The van der Waals surface area contributed by atoms with Crippen molar-refractivity contribution in [1.82, 2.24) is 19.9 Å². The molecule has 0 bridgehead atoms. The molecule has 2 aromatic heterocycles. The van der Waals surface area contributed by atoms with Crippen LogP contribution < -0.4 is 10.6 Å². The Hall–Kier alpha value is -2.32. The first-order valence-electron chi connectivity index (χ1n) is 10.6. The van der Waals surface area contributed by atoms with E-state index in [4.69, 9.17) is 38.9 Å². The van der Waals surface area contributed by atoms with Gasteiger partial charge >= 0.3 is 0 Å². The molecule has 3 heterocycles. The summed E-state index contributed by atoms with van der Waals surface area (Å²) < 4.78 is 0. The standard InChI is InChI=1S/C23H26Cl2N6O/c1-15-21(17-3-2-4-18(24)20(17)25)30-19(12-32)22(29-15)31-7-5-23(13-26,6-8-31)9-16-10-27-14-28-11-16/h2-4,10-11,14,32H,5-9,12-13,26H2,1H3. The fourth-order valence-corrected chi connectivity index (χ4v) is 4.73. The van der Waals surface area contributed by atoms with Crippen molar-refractivity contribution in [1.29, 1.82) is 0 Å². The van der Waals surface area contributed by atoms with Crippen LogP contribution in [0.25, 0.3) is 11.3 Å². The van der Waals surface area contributed by atoms with Crippen molar-refractivity contribution < 1.29 is 5.11 Å². The largest absolute Gasteiger partial charge is 0.390 e. The number of anilines is 1. The molecule has 1 aliphatic rings.